The molecule has 10 heteroatoms. The van der Waals surface area contributed by atoms with Crippen molar-refractivity contribution in [3.05, 3.63) is 66.6 Å². The molecule has 0 unspecified atom stereocenters. The first-order valence-corrected chi connectivity index (χ1v) is 12.5. The third-order valence-electron chi connectivity index (χ3n) is 6.88. The van der Waals surface area contributed by atoms with Crippen LogP contribution in [0.25, 0.3) is 11.0 Å². The Morgan fingerprint density at radius 3 is 2.70 bits per heavy atom. The van der Waals surface area contributed by atoms with Crippen LogP contribution in [0.5, 0.6) is 11.5 Å². The molecule has 0 spiro atoms. The number of amides is 2. The molecule has 1 fully saturated rings. The number of nitrogens with one attached hydrogen (secondary N) is 1. The molecule has 0 saturated heterocycles. The highest BCUT2D eigenvalue weighted by Crippen LogP contribution is 2.38. The number of rotatable bonds is 7. The molecule has 3 heterocycles. The summed E-state index contributed by atoms with van der Waals surface area (Å²) in [5.41, 5.74) is 1.89. The standard InChI is InChI=1S/C27H27N5O5/c33-25(16-31-21-10-5-4-9-20(21)29-30-31)32(19-12-13-22-24(15-19)37-17-36-22)26(23-11-6-14-35-23)27(34)28-18-7-2-1-3-8-18/h4-6,9-15,18,26H,1-3,7-8,16-17H2,(H,28,34)/t26-/m0/s1. The number of para-hydroxylation sites is 1. The molecule has 37 heavy (non-hydrogen) atoms. The monoisotopic (exact) mass is 501 g/mol. The second kappa shape index (κ2) is 9.96. The van der Waals surface area contributed by atoms with Gasteiger partial charge in [0.25, 0.3) is 5.91 Å². The molecular weight excluding hydrogens is 474 g/mol. The maximum atomic E-state index is 14.0. The summed E-state index contributed by atoms with van der Waals surface area (Å²) in [5, 5.41) is 11.5. The van der Waals surface area contributed by atoms with Crippen LogP contribution >= 0.6 is 0 Å². The predicted octanol–water partition coefficient (Wildman–Crippen LogP) is 3.98. The molecule has 1 N–H and O–H groups in total. The number of benzene rings is 2. The molecule has 0 bridgehead atoms. The lowest BCUT2D eigenvalue weighted by atomic mass is 9.95. The van der Waals surface area contributed by atoms with Crippen LogP contribution in [0.3, 0.4) is 0 Å². The van der Waals surface area contributed by atoms with E-state index in [1.807, 2.05) is 24.3 Å². The highest BCUT2D eigenvalue weighted by Gasteiger charge is 2.37. The van der Waals surface area contributed by atoms with Gasteiger partial charge in [0.1, 0.15) is 17.8 Å². The van der Waals surface area contributed by atoms with E-state index >= 15 is 0 Å². The van der Waals surface area contributed by atoms with E-state index < -0.39 is 6.04 Å². The van der Waals surface area contributed by atoms with Crippen molar-refractivity contribution < 1.29 is 23.5 Å². The quantitative estimate of drug-likeness (QED) is 0.408. The number of hydrogen-bond acceptors (Lipinski definition) is 7. The molecule has 190 valence electrons. The fraction of sp³-hybridized carbons (Fsp3) is 0.333. The first kappa shape index (κ1) is 23.1. The summed E-state index contributed by atoms with van der Waals surface area (Å²) in [6, 6.07) is 15.1. The average Bonchev–Trinajstić information content (AvgIpc) is 3.69. The Labute approximate surface area is 213 Å². The summed E-state index contributed by atoms with van der Waals surface area (Å²) in [5.74, 6) is 0.806. The normalized spacial score (nSPS) is 16.0. The van der Waals surface area contributed by atoms with Crippen molar-refractivity contribution in [1.82, 2.24) is 20.3 Å². The van der Waals surface area contributed by atoms with E-state index in [2.05, 4.69) is 15.6 Å². The van der Waals surface area contributed by atoms with E-state index in [9.17, 15) is 9.59 Å². The smallest absolute Gasteiger partial charge is 0.251 e. The van der Waals surface area contributed by atoms with Gasteiger partial charge in [-0.25, -0.2) is 4.68 Å². The minimum Gasteiger partial charge on any atom is -0.467 e. The molecule has 1 aliphatic heterocycles. The number of aromatic nitrogens is 3. The molecule has 2 aromatic carbocycles. The number of hydrogen-bond donors (Lipinski definition) is 1. The lowest BCUT2D eigenvalue weighted by molar-refractivity contribution is -0.128. The summed E-state index contributed by atoms with van der Waals surface area (Å²) >= 11 is 0. The van der Waals surface area contributed by atoms with Crippen molar-refractivity contribution in [1.29, 1.82) is 0 Å². The number of furan rings is 1. The number of anilines is 1. The minimum atomic E-state index is -1.03. The van der Waals surface area contributed by atoms with Crippen LogP contribution in [0.4, 0.5) is 5.69 Å². The van der Waals surface area contributed by atoms with Gasteiger partial charge in [-0.15, -0.1) is 5.10 Å². The molecular formula is C27H27N5O5. The third-order valence-corrected chi connectivity index (χ3v) is 6.88. The van der Waals surface area contributed by atoms with E-state index in [0.717, 1.165) is 31.2 Å². The van der Waals surface area contributed by atoms with Crippen LogP contribution < -0.4 is 19.7 Å². The lowest BCUT2D eigenvalue weighted by Gasteiger charge is -2.32. The van der Waals surface area contributed by atoms with Crippen LogP contribution in [0.2, 0.25) is 0 Å². The Bertz CT molecular complexity index is 1410. The van der Waals surface area contributed by atoms with Crippen LogP contribution in [0, 0.1) is 0 Å². The molecule has 4 aromatic rings. The van der Waals surface area contributed by atoms with Gasteiger partial charge in [0, 0.05) is 17.8 Å². The van der Waals surface area contributed by atoms with Gasteiger partial charge in [0.2, 0.25) is 12.7 Å². The number of fused-ring (bicyclic) bond motifs is 2. The molecule has 1 aliphatic carbocycles. The zero-order chi connectivity index (χ0) is 25.2. The molecule has 2 aliphatic rings. The molecule has 2 aromatic heterocycles. The maximum absolute atomic E-state index is 14.0. The third kappa shape index (κ3) is 4.62. The molecule has 0 radical (unpaired) electrons. The highest BCUT2D eigenvalue weighted by atomic mass is 16.7. The molecule has 1 saturated carbocycles. The Kier molecular flexibility index (Phi) is 6.21. The SMILES string of the molecule is O=C(NC1CCCCC1)[C@H](c1ccco1)N(C(=O)Cn1nnc2ccccc21)c1ccc2c(c1)OCO2. The number of carbonyl (C=O) groups is 2. The van der Waals surface area contributed by atoms with Crippen LogP contribution in [0.1, 0.15) is 43.9 Å². The summed E-state index contributed by atoms with van der Waals surface area (Å²) in [7, 11) is 0. The van der Waals surface area contributed by atoms with Gasteiger partial charge in [0.15, 0.2) is 17.5 Å². The molecule has 10 nitrogen and oxygen atoms in total. The van der Waals surface area contributed by atoms with Crippen molar-refractivity contribution in [2.24, 2.45) is 0 Å². The van der Waals surface area contributed by atoms with Crippen molar-refractivity contribution in [3.8, 4) is 11.5 Å². The topological polar surface area (TPSA) is 112 Å². The molecule has 2 amide bonds. The second-order valence-corrected chi connectivity index (χ2v) is 9.30. The fourth-order valence-electron chi connectivity index (χ4n) is 5.06. The van der Waals surface area contributed by atoms with Crippen LogP contribution in [-0.4, -0.2) is 39.6 Å². The van der Waals surface area contributed by atoms with Crippen molar-refractivity contribution in [3.63, 3.8) is 0 Å². The van der Waals surface area contributed by atoms with Gasteiger partial charge in [0.05, 0.1) is 11.8 Å². The van der Waals surface area contributed by atoms with Crippen molar-refractivity contribution >= 4 is 28.5 Å². The summed E-state index contributed by atoms with van der Waals surface area (Å²) in [6.07, 6.45) is 6.64. The van der Waals surface area contributed by atoms with E-state index in [-0.39, 0.29) is 31.2 Å². The van der Waals surface area contributed by atoms with Gasteiger partial charge in [-0.1, -0.05) is 36.6 Å². The van der Waals surface area contributed by atoms with Gasteiger partial charge >= 0.3 is 0 Å². The van der Waals surface area contributed by atoms with E-state index in [1.54, 1.807) is 30.3 Å². The van der Waals surface area contributed by atoms with Gasteiger partial charge < -0.3 is 19.2 Å². The summed E-state index contributed by atoms with van der Waals surface area (Å²) in [6.45, 7) is -0.0235. The van der Waals surface area contributed by atoms with Crippen LogP contribution in [-0.2, 0) is 16.1 Å². The number of nitrogens with zero attached hydrogens (tertiary/aromatic N) is 4. The van der Waals surface area contributed by atoms with Gasteiger partial charge in [-0.3, -0.25) is 14.5 Å². The zero-order valence-electron chi connectivity index (χ0n) is 20.2. The second-order valence-electron chi connectivity index (χ2n) is 9.30. The van der Waals surface area contributed by atoms with Crippen molar-refractivity contribution in [2.75, 3.05) is 11.7 Å². The molecule has 1 atom stereocenters. The maximum Gasteiger partial charge on any atom is 0.251 e. The number of carbonyl (C=O) groups excluding carboxylic acids is 2. The first-order chi connectivity index (χ1) is 18.2. The summed E-state index contributed by atoms with van der Waals surface area (Å²) < 4.78 is 18.3. The Hall–Kier alpha value is -4.34. The lowest BCUT2D eigenvalue weighted by Crippen LogP contribution is -2.48. The van der Waals surface area contributed by atoms with E-state index in [0.29, 0.717) is 28.5 Å². The first-order valence-electron chi connectivity index (χ1n) is 12.5. The van der Waals surface area contributed by atoms with Gasteiger partial charge in [-0.05, 0) is 49.2 Å². The predicted molar refractivity (Wildman–Crippen MR) is 134 cm³/mol. The van der Waals surface area contributed by atoms with E-state index in [4.69, 9.17) is 13.9 Å². The average molecular weight is 502 g/mol. The highest BCUT2D eigenvalue weighted by molar-refractivity contribution is 6.01. The molecule has 6 rings (SSSR count). The van der Waals surface area contributed by atoms with E-state index in [1.165, 1.54) is 22.3 Å². The van der Waals surface area contributed by atoms with Crippen molar-refractivity contribution in [2.45, 2.75) is 50.7 Å². The Morgan fingerprint density at radius 1 is 1.03 bits per heavy atom. The minimum absolute atomic E-state index is 0.0617. The van der Waals surface area contributed by atoms with Gasteiger partial charge in [-0.2, -0.15) is 0 Å². The number of ether oxygens (including phenoxy) is 2. The fourth-order valence-corrected chi connectivity index (χ4v) is 5.06. The largest absolute Gasteiger partial charge is 0.467 e. The zero-order valence-corrected chi connectivity index (χ0v) is 20.2. The Morgan fingerprint density at radius 2 is 1.86 bits per heavy atom. The van der Waals surface area contributed by atoms with Crippen LogP contribution in [0.15, 0.2) is 65.3 Å². The summed E-state index contributed by atoms with van der Waals surface area (Å²) in [4.78, 5) is 29.3. The Balaban J connectivity index is 1.39.